The first-order chi connectivity index (χ1) is 20.4. The number of halogens is 4. The molecule has 18 heteroatoms. The SMILES string of the molecule is [2H]C([2H])([2H])OC1(C(=O)N2CCN(c3cc(S(=O)(=O)NC4(C)COC4)cn4c(-c5nnc(C(F)(F)F)s5)nc(Cl)c34)CC2)CC1. The number of ether oxygens (including phenoxy) is 2. The van der Waals surface area contributed by atoms with Crippen molar-refractivity contribution in [1.29, 1.82) is 0 Å². The molecule has 0 spiro atoms. The molecule has 2 saturated heterocycles. The molecular formula is C23H25ClF3N7O5S2. The number of carbonyl (C=O) groups is 1. The van der Waals surface area contributed by atoms with E-state index in [-0.39, 0.29) is 90.0 Å². The number of nitrogens with one attached hydrogen (secondary N) is 1. The molecule has 3 fully saturated rings. The van der Waals surface area contributed by atoms with Crippen LogP contribution in [-0.4, -0.2) is 96.4 Å². The predicted octanol–water partition coefficient (Wildman–Crippen LogP) is 2.42. The molecule has 2 aliphatic heterocycles. The highest BCUT2D eigenvalue weighted by Crippen LogP contribution is 2.42. The Kier molecular flexibility index (Phi) is 5.93. The number of carbonyl (C=O) groups excluding carboxylic acids is 1. The average molecular weight is 639 g/mol. The maximum atomic E-state index is 13.5. The first-order valence-electron chi connectivity index (χ1n) is 13.9. The second-order valence-corrected chi connectivity index (χ2v) is 13.5. The first-order valence-corrected chi connectivity index (χ1v) is 15.1. The molecule has 41 heavy (non-hydrogen) atoms. The van der Waals surface area contributed by atoms with Crippen LogP contribution in [0.2, 0.25) is 5.15 Å². The van der Waals surface area contributed by atoms with E-state index in [0.717, 1.165) is 0 Å². The number of fused-ring (bicyclic) bond motifs is 1. The summed E-state index contributed by atoms with van der Waals surface area (Å²) in [7, 11) is -6.92. The van der Waals surface area contributed by atoms with Crippen molar-refractivity contribution in [2.24, 2.45) is 0 Å². The zero-order valence-electron chi connectivity index (χ0n) is 24.4. The molecule has 3 aromatic rings. The molecule has 12 nitrogen and oxygen atoms in total. The van der Waals surface area contributed by atoms with Gasteiger partial charge in [-0.2, -0.15) is 13.2 Å². The van der Waals surface area contributed by atoms with Crippen molar-refractivity contribution < 1.29 is 40.0 Å². The third-order valence-corrected chi connectivity index (χ3v) is 10.1. The van der Waals surface area contributed by atoms with Crippen molar-refractivity contribution >= 4 is 50.1 Å². The number of aromatic nitrogens is 4. The van der Waals surface area contributed by atoms with Gasteiger partial charge in [-0.3, -0.25) is 9.20 Å². The van der Waals surface area contributed by atoms with E-state index in [1.165, 1.54) is 21.6 Å². The number of imidazole rings is 1. The summed E-state index contributed by atoms with van der Waals surface area (Å²) in [6.45, 7) is 2.68. The zero-order valence-corrected chi connectivity index (χ0v) is 23.8. The third kappa shape index (κ3) is 5.05. The third-order valence-electron chi connectivity index (χ3n) is 7.23. The van der Waals surface area contributed by atoms with Crippen molar-refractivity contribution in [3.8, 4) is 10.8 Å². The Morgan fingerprint density at radius 3 is 2.51 bits per heavy atom. The lowest BCUT2D eigenvalue weighted by Gasteiger charge is -2.39. The Balaban J connectivity index is 1.37. The van der Waals surface area contributed by atoms with Crippen LogP contribution >= 0.6 is 22.9 Å². The first kappa shape index (κ1) is 25.0. The molecule has 0 bridgehead atoms. The monoisotopic (exact) mass is 638 g/mol. The summed E-state index contributed by atoms with van der Waals surface area (Å²) in [5.74, 6) is -0.572. The number of methoxy groups -OCH3 is 1. The van der Waals surface area contributed by atoms with Crippen molar-refractivity contribution in [3.05, 3.63) is 22.4 Å². The lowest BCUT2D eigenvalue weighted by atomic mass is 10.0. The summed E-state index contributed by atoms with van der Waals surface area (Å²) in [5.41, 5.74) is -1.72. The number of anilines is 1. The van der Waals surface area contributed by atoms with Crippen LogP contribution in [0.1, 0.15) is 28.9 Å². The van der Waals surface area contributed by atoms with E-state index in [4.69, 9.17) is 25.2 Å². The van der Waals surface area contributed by atoms with Gasteiger partial charge in [-0.15, -0.1) is 10.2 Å². The average Bonchev–Trinajstić information content (AvgIpc) is 3.34. The molecule has 6 rings (SSSR count). The lowest BCUT2D eigenvalue weighted by Crippen LogP contribution is -2.59. The Morgan fingerprint density at radius 1 is 1.24 bits per heavy atom. The summed E-state index contributed by atoms with van der Waals surface area (Å²) in [5, 5.41) is 5.29. The van der Waals surface area contributed by atoms with Crippen molar-refractivity contribution in [2.45, 2.75) is 42.0 Å². The number of hydrogen-bond acceptors (Lipinski definition) is 10. The molecular weight excluding hydrogens is 611 g/mol. The molecule has 1 N–H and O–H groups in total. The van der Waals surface area contributed by atoms with Gasteiger partial charge in [-0.25, -0.2) is 18.1 Å². The van der Waals surface area contributed by atoms with E-state index >= 15 is 0 Å². The molecule has 1 saturated carbocycles. The standard InChI is InChI=1S/C23H25ClF3N7O5S2/c1-21(11-39-12-21)31-41(36,37)13-9-14(32-5-7-33(8-6-32)20(35)22(38-2)3-4-22)15-16(24)28-17(34(15)10-13)18-29-30-19(40-18)23(25,26)27/h9-10,31H,3-8,11-12H2,1-2H3/i2D3. The minimum atomic E-state index is -4.75. The molecule has 222 valence electrons. The number of amides is 1. The zero-order chi connectivity index (χ0) is 31.9. The molecule has 3 aromatic heterocycles. The van der Waals surface area contributed by atoms with Gasteiger partial charge in [-0.1, -0.05) is 22.9 Å². The second kappa shape index (κ2) is 9.74. The molecule has 3 aliphatic rings. The lowest BCUT2D eigenvalue weighted by molar-refractivity contribution is -0.145. The number of sulfonamides is 1. The van der Waals surface area contributed by atoms with Crippen LogP contribution < -0.4 is 9.62 Å². The van der Waals surface area contributed by atoms with Crippen LogP contribution in [0, 0.1) is 0 Å². The Labute approximate surface area is 245 Å². The number of nitrogens with zero attached hydrogens (tertiary/aromatic N) is 6. The minimum absolute atomic E-state index is 0.114. The Hall–Kier alpha value is -2.57. The van der Waals surface area contributed by atoms with E-state index < -0.39 is 45.3 Å². The molecule has 0 atom stereocenters. The number of alkyl halides is 3. The van der Waals surface area contributed by atoms with Gasteiger partial charge in [0.2, 0.25) is 15.0 Å². The highest BCUT2D eigenvalue weighted by atomic mass is 35.5. The fourth-order valence-electron chi connectivity index (χ4n) is 4.86. The topological polar surface area (TPSA) is 131 Å². The number of hydrogen-bond donors (Lipinski definition) is 1. The number of piperazine rings is 1. The highest BCUT2D eigenvalue weighted by molar-refractivity contribution is 7.89. The summed E-state index contributed by atoms with van der Waals surface area (Å²) in [4.78, 5) is 20.4. The van der Waals surface area contributed by atoms with Gasteiger partial charge in [0.1, 0.15) is 16.0 Å². The smallest absolute Gasteiger partial charge is 0.377 e. The van der Waals surface area contributed by atoms with Gasteiger partial charge in [-0.05, 0) is 25.8 Å². The van der Waals surface area contributed by atoms with Crippen LogP contribution in [0.3, 0.4) is 0 Å². The summed E-state index contributed by atoms with van der Waals surface area (Å²) >= 11 is 6.76. The van der Waals surface area contributed by atoms with Crippen molar-refractivity contribution in [3.63, 3.8) is 0 Å². The van der Waals surface area contributed by atoms with Crippen LogP contribution in [0.25, 0.3) is 16.3 Å². The van der Waals surface area contributed by atoms with Gasteiger partial charge in [0, 0.05) is 39.4 Å². The van der Waals surface area contributed by atoms with Crippen LogP contribution in [0.4, 0.5) is 18.9 Å². The van der Waals surface area contributed by atoms with Gasteiger partial charge in [0.15, 0.2) is 16.0 Å². The summed E-state index contributed by atoms with van der Waals surface area (Å²) in [6, 6.07) is 1.39. The van der Waals surface area contributed by atoms with Crippen LogP contribution in [0.5, 0.6) is 0 Å². The van der Waals surface area contributed by atoms with Crippen molar-refractivity contribution in [2.75, 3.05) is 51.3 Å². The van der Waals surface area contributed by atoms with E-state index in [1.54, 1.807) is 11.8 Å². The molecule has 1 amide bonds. The quantitative estimate of drug-likeness (QED) is 0.415. The van der Waals surface area contributed by atoms with E-state index in [0.29, 0.717) is 5.69 Å². The fraction of sp³-hybridized carbons (Fsp3) is 0.565. The van der Waals surface area contributed by atoms with Gasteiger partial charge >= 0.3 is 6.18 Å². The van der Waals surface area contributed by atoms with Crippen molar-refractivity contribution in [1.82, 2.24) is 29.2 Å². The van der Waals surface area contributed by atoms with E-state index in [9.17, 15) is 26.4 Å². The molecule has 0 radical (unpaired) electrons. The maximum Gasteiger partial charge on any atom is 0.445 e. The van der Waals surface area contributed by atoms with Crippen LogP contribution in [-0.2, 0) is 30.5 Å². The molecule has 0 aromatic carbocycles. The molecule has 1 aliphatic carbocycles. The second-order valence-electron chi connectivity index (χ2n) is 10.5. The summed E-state index contributed by atoms with van der Waals surface area (Å²) in [6.07, 6.45) is -2.97. The normalized spacial score (nSPS) is 21.7. The van der Waals surface area contributed by atoms with Gasteiger partial charge < -0.3 is 19.3 Å². The van der Waals surface area contributed by atoms with E-state index in [2.05, 4.69) is 19.9 Å². The van der Waals surface area contributed by atoms with E-state index in [1.807, 2.05) is 0 Å². The van der Waals surface area contributed by atoms with Gasteiger partial charge in [0.05, 0.1) is 28.6 Å². The van der Waals surface area contributed by atoms with Gasteiger partial charge in [0.25, 0.3) is 5.91 Å². The van der Waals surface area contributed by atoms with Crippen LogP contribution in [0.15, 0.2) is 17.2 Å². The highest BCUT2D eigenvalue weighted by Gasteiger charge is 2.52. The fourth-order valence-corrected chi connectivity index (χ4v) is 7.22. The largest absolute Gasteiger partial charge is 0.445 e. The molecule has 0 unspecified atom stereocenters. The Morgan fingerprint density at radius 2 is 1.95 bits per heavy atom. The minimum Gasteiger partial charge on any atom is -0.377 e. The predicted molar refractivity (Wildman–Crippen MR) is 141 cm³/mol. The number of rotatable bonds is 7. The number of pyridine rings is 1. The molecule has 5 heterocycles. The Bertz CT molecular complexity index is 1730. The maximum absolute atomic E-state index is 13.5. The summed E-state index contributed by atoms with van der Waals surface area (Å²) < 4.78 is 103.